The molecule has 2 aromatic rings. The standard InChI is InChI=1S/C19H24FN3O/c20-18-3-1-16(2-4-18)14-23-11-10-22(15-19(23)7-12-24)13-17-5-8-21-9-6-17/h1-6,8-9,19,24H,7,10-15H2. The van der Waals surface area contributed by atoms with Crippen molar-refractivity contribution in [3.63, 3.8) is 0 Å². The van der Waals surface area contributed by atoms with E-state index in [0.717, 1.165) is 44.7 Å². The Kier molecular flexibility index (Phi) is 5.91. The van der Waals surface area contributed by atoms with Gasteiger partial charge in [0.2, 0.25) is 0 Å². The van der Waals surface area contributed by atoms with Crippen LogP contribution >= 0.6 is 0 Å². The van der Waals surface area contributed by atoms with Crippen molar-refractivity contribution in [2.45, 2.75) is 25.6 Å². The Labute approximate surface area is 142 Å². The zero-order chi connectivity index (χ0) is 16.8. The number of halogens is 1. The molecule has 3 rings (SSSR count). The van der Waals surface area contributed by atoms with Crippen LogP contribution < -0.4 is 0 Å². The number of aliphatic hydroxyl groups excluding tert-OH is 1. The molecule has 4 nitrogen and oxygen atoms in total. The van der Waals surface area contributed by atoms with E-state index >= 15 is 0 Å². The molecule has 1 fully saturated rings. The fourth-order valence-electron chi connectivity index (χ4n) is 3.30. The molecule has 0 radical (unpaired) electrons. The Morgan fingerprint density at radius 1 is 1.00 bits per heavy atom. The summed E-state index contributed by atoms with van der Waals surface area (Å²) in [5.74, 6) is -0.201. The van der Waals surface area contributed by atoms with Crippen molar-refractivity contribution >= 4 is 0 Å². The highest BCUT2D eigenvalue weighted by Crippen LogP contribution is 2.18. The first-order chi connectivity index (χ1) is 11.7. The first-order valence-electron chi connectivity index (χ1n) is 8.45. The largest absolute Gasteiger partial charge is 0.396 e. The molecular formula is C19H24FN3O. The van der Waals surface area contributed by atoms with Crippen LogP contribution in [-0.4, -0.2) is 52.2 Å². The van der Waals surface area contributed by atoms with Crippen LogP contribution in [0.15, 0.2) is 48.8 Å². The van der Waals surface area contributed by atoms with Crippen LogP contribution in [0.5, 0.6) is 0 Å². The highest BCUT2D eigenvalue weighted by Gasteiger charge is 2.26. The molecule has 1 aromatic heterocycles. The molecule has 1 saturated heterocycles. The van der Waals surface area contributed by atoms with Gasteiger partial charge in [-0.25, -0.2) is 4.39 Å². The number of rotatable bonds is 6. The van der Waals surface area contributed by atoms with Gasteiger partial charge in [-0.2, -0.15) is 0 Å². The lowest BCUT2D eigenvalue weighted by molar-refractivity contribution is 0.0499. The maximum Gasteiger partial charge on any atom is 0.123 e. The molecule has 0 aliphatic carbocycles. The van der Waals surface area contributed by atoms with Gasteiger partial charge in [0.15, 0.2) is 0 Å². The van der Waals surface area contributed by atoms with Crippen molar-refractivity contribution in [2.75, 3.05) is 26.2 Å². The third-order valence-corrected chi connectivity index (χ3v) is 4.61. The number of piperazine rings is 1. The van der Waals surface area contributed by atoms with Crippen molar-refractivity contribution in [1.29, 1.82) is 0 Å². The predicted molar refractivity (Wildman–Crippen MR) is 91.8 cm³/mol. The van der Waals surface area contributed by atoms with E-state index in [-0.39, 0.29) is 12.4 Å². The monoisotopic (exact) mass is 329 g/mol. The van der Waals surface area contributed by atoms with E-state index in [0.29, 0.717) is 6.04 Å². The van der Waals surface area contributed by atoms with Gasteiger partial charge in [0.25, 0.3) is 0 Å². The lowest BCUT2D eigenvalue weighted by Gasteiger charge is -2.41. The lowest BCUT2D eigenvalue weighted by Crippen LogP contribution is -2.52. The molecule has 24 heavy (non-hydrogen) atoms. The van der Waals surface area contributed by atoms with E-state index in [4.69, 9.17) is 0 Å². The number of aliphatic hydroxyl groups is 1. The summed E-state index contributed by atoms with van der Waals surface area (Å²) in [7, 11) is 0. The highest BCUT2D eigenvalue weighted by atomic mass is 19.1. The van der Waals surface area contributed by atoms with E-state index in [2.05, 4.69) is 14.8 Å². The SMILES string of the molecule is OCCC1CN(Cc2ccncc2)CCN1Cc1ccc(F)cc1. The minimum atomic E-state index is -0.201. The smallest absolute Gasteiger partial charge is 0.123 e. The van der Waals surface area contributed by atoms with Gasteiger partial charge in [-0.1, -0.05) is 12.1 Å². The maximum atomic E-state index is 13.1. The zero-order valence-electron chi connectivity index (χ0n) is 13.8. The minimum absolute atomic E-state index is 0.188. The van der Waals surface area contributed by atoms with Crippen LogP contribution in [-0.2, 0) is 13.1 Å². The molecule has 128 valence electrons. The van der Waals surface area contributed by atoms with Crippen molar-refractivity contribution in [3.05, 3.63) is 65.7 Å². The first-order valence-corrected chi connectivity index (χ1v) is 8.45. The third-order valence-electron chi connectivity index (χ3n) is 4.61. The normalized spacial score (nSPS) is 19.5. The van der Waals surface area contributed by atoms with E-state index in [1.54, 1.807) is 0 Å². The second-order valence-corrected chi connectivity index (χ2v) is 6.35. The number of aromatic nitrogens is 1. The highest BCUT2D eigenvalue weighted by molar-refractivity contribution is 5.16. The summed E-state index contributed by atoms with van der Waals surface area (Å²) in [4.78, 5) is 8.88. The Hall–Kier alpha value is -1.82. The van der Waals surface area contributed by atoms with Crippen molar-refractivity contribution in [1.82, 2.24) is 14.8 Å². The Bertz CT molecular complexity index is 620. The quantitative estimate of drug-likeness (QED) is 0.883. The second-order valence-electron chi connectivity index (χ2n) is 6.35. The zero-order valence-corrected chi connectivity index (χ0v) is 13.8. The molecule has 0 bridgehead atoms. The van der Waals surface area contributed by atoms with Gasteiger partial charge >= 0.3 is 0 Å². The molecule has 1 atom stereocenters. The van der Waals surface area contributed by atoms with Crippen LogP contribution in [0, 0.1) is 5.82 Å². The molecule has 5 heteroatoms. The average Bonchev–Trinajstić information content (AvgIpc) is 2.60. The molecule has 0 saturated carbocycles. The van der Waals surface area contributed by atoms with Gasteiger partial charge in [-0.05, 0) is 41.8 Å². The molecule has 2 heterocycles. The molecular weight excluding hydrogens is 305 g/mol. The molecule has 1 aliphatic heterocycles. The number of pyridine rings is 1. The summed E-state index contributed by atoms with van der Waals surface area (Å²) in [6, 6.07) is 11.1. The van der Waals surface area contributed by atoms with Crippen molar-refractivity contribution < 1.29 is 9.50 Å². The Balaban J connectivity index is 1.61. The number of nitrogens with zero attached hydrogens (tertiary/aromatic N) is 3. The summed E-state index contributed by atoms with van der Waals surface area (Å²) in [5.41, 5.74) is 2.38. The molecule has 1 aromatic carbocycles. The van der Waals surface area contributed by atoms with Gasteiger partial charge < -0.3 is 5.11 Å². The topological polar surface area (TPSA) is 39.6 Å². The Morgan fingerprint density at radius 3 is 2.42 bits per heavy atom. The molecule has 1 aliphatic rings. The number of hydrogen-bond donors (Lipinski definition) is 1. The summed E-state index contributed by atoms with van der Waals surface area (Å²) in [6.45, 7) is 4.78. The van der Waals surface area contributed by atoms with Crippen LogP contribution in [0.2, 0.25) is 0 Å². The Morgan fingerprint density at radius 2 is 1.71 bits per heavy atom. The number of hydrogen-bond acceptors (Lipinski definition) is 4. The summed E-state index contributed by atoms with van der Waals surface area (Å²) in [6.07, 6.45) is 4.41. The van der Waals surface area contributed by atoms with Crippen molar-refractivity contribution in [3.8, 4) is 0 Å². The van der Waals surface area contributed by atoms with Crippen molar-refractivity contribution in [2.24, 2.45) is 0 Å². The summed E-state index contributed by atoms with van der Waals surface area (Å²) >= 11 is 0. The van der Waals surface area contributed by atoms with E-state index in [9.17, 15) is 9.50 Å². The molecule has 1 unspecified atom stereocenters. The fraction of sp³-hybridized carbons (Fsp3) is 0.421. The van der Waals surface area contributed by atoms with Crippen LogP contribution in [0.4, 0.5) is 4.39 Å². The van der Waals surface area contributed by atoms with Crippen LogP contribution in [0.25, 0.3) is 0 Å². The molecule has 0 amide bonds. The third kappa shape index (κ3) is 4.60. The van der Waals surface area contributed by atoms with Gasteiger partial charge in [-0.15, -0.1) is 0 Å². The van der Waals surface area contributed by atoms with Gasteiger partial charge in [-0.3, -0.25) is 14.8 Å². The van der Waals surface area contributed by atoms with Gasteiger partial charge in [0.05, 0.1) is 0 Å². The summed E-state index contributed by atoms with van der Waals surface area (Å²) in [5, 5.41) is 9.41. The number of benzene rings is 1. The van der Waals surface area contributed by atoms with Gasteiger partial charge in [0.1, 0.15) is 5.82 Å². The first kappa shape index (κ1) is 17.0. The molecule has 0 spiro atoms. The second kappa shape index (κ2) is 8.33. The van der Waals surface area contributed by atoms with E-state index < -0.39 is 0 Å². The van der Waals surface area contributed by atoms with Crippen LogP contribution in [0.3, 0.4) is 0 Å². The maximum absolute atomic E-state index is 13.1. The van der Waals surface area contributed by atoms with E-state index in [1.807, 2.05) is 36.7 Å². The minimum Gasteiger partial charge on any atom is -0.396 e. The van der Waals surface area contributed by atoms with Gasteiger partial charge in [0, 0.05) is 57.8 Å². The summed E-state index contributed by atoms with van der Waals surface area (Å²) < 4.78 is 13.1. The lowest BCUT2D eigenvalue weighted by atomic mass is 10.1. The average molecular weight is 329 g/mol. The fourth-order valence-corrected chi connectivity index (χ4v) is 3.30. The molecule has 1 N–H and O–H groups in total. The van der Waals surface area contributed by atoms with E-state index in [1.165, 1.54) is 17.7 Å². The van der Waals surface area contributed by atoms with Crippen LogP contribution in [0.1, 0.15) is 17.5 Å². The predicted octanol–water partition coefficient (Wildman–Crippen LogP) is 2.29.